The van der Waals surface area contributed by atoms with Crippen molar-refractivity contribution in [3.05, 3.63) is 72.1 Å². The third-order valence-electron chi connectivity index (χ3n) is 5.23. The molecule has 0 saturated carbocycles. The summed E-state index contributed by atoms with van der Waals surface area (Å²) in [6.07, 6.45) is 3.55. The fourth-order valence-corrected chi connectivity index (χ4v) is 3.62. The Kier molecular flexibility index (Phi) is 5.42. The van der Waals surface area contributed by atoms with Gasteiger partial charge in [0.1, 0.15) is 11.9 Å². The Balaban J connectivity index is 1.28. The summed E-state index contributed by atoms with van der Waals surface area (Å²) in [6, 6.07) is 18.3. The highest BCUT2D eigenvalue weighted by atomic mass is 16.5. The van der Waals surface area contributed by atoms with Crippen molar-refractivity contribution < 1.29 is 9.53 Å². The maximum absolute atomic E-state index is 12.6. The van der Waals surface area contributed by atoms with Gasteiger partial charge in [-0.05, 0) is 35.4 Å². The lowest BCUT2D eigenvalue weighted by Gasteiger charge is -2.32. The number of rotatable bonds is 4. The van der Waals surface area contributed by atoms with Crippen molar-refractivity contribution in [1.82, 2.24) is 15.2 Å². The van der Waals surface area contributed by atoms with Crippen LogP contribution < -0.4 is 10.1 Å². The average Bonchev–Trinajstić information content (AvgIpc) is 2.74. The molecular formula is C23H25N3O2. The van der Waals surface area contributed by atoms with E-state index in [0.29, 0.717) is 19.6 Å². The van der Waals surface area contributed by atoms with E-state index in [1.54, 1.807) is 6.20 Å². The van der Waals surface area contributed by atoms with Gasteiger partial charge in [-0.15, -0.1) is 0 Å². The summed E-state index contributed by atoms with van der Waals surface area (Å²) in [5, 5.41) is 5.44. The smallest absolute Gasteiger partial charge is 0.317 e. The Morgan fingerprint density at radius 3 is 2.68 bits per heavy atom. The van der Waals surface area contributed by atoms with E-state index in [2.05, 4.69) is 34.6 Å². The highest BCUT2D eigenvalue weighted by Gasteiger charge is 2.24. The topological polar surface area (TPSA) is 54.5 Å². The van der Waals surface area contributed by atoms with Gasteiger partial charge in [-0.2, -0.15) is 0 Å². The number of nitrogens with zero attached hydrogens (tertiary/aromatic N) is 2. The molecule has 1 N–H and O–H groups in total. The van der Waals surface area contributed by atoms with Crippen molar-refractivity contribution in [2.45, 2.75) is 32.4 Å². The van der Waals surface area contributed by atoms with E-state index in [1.807, 2.05) is 42.2 Å². The number of likely N-dealkylation sites (tertiary alicyclic amines) is 1. The molecule has 1 aromatic heterocycles. The number of benzene rings is 2. The SMILES string of the molecule is Cc1ccc(OC2CCN(C(=O)NCc3cccc4ccccc34)CC2)cn1. The number of urea groups is 1. The Labute approximate surface area is 165 Å². The highest BCUT2D eigenvalue weighted by Crippen LogP contribution is 2.20. The molecule has 1 fully saturated rings. The second-order valence-electron chi connectivity index (χ2n) is 7.24. The third kappa shape index (κ3) is 4.25. The van der Waals surface area contributed by atoms with Gasteiger partial charge in [0.2, 0.25) is 0 Å². The first-order valence-corrected chi connectivity index (χ1v) is 9.78. The van der Waals surface area contributed by atoms with Gasteiger partial charge in [-0.3, -0.25) is 4.98 Å². The Morgan fingerprint density at radius 1 is 1.11 bits per heavy atom. The van der Waals surface area contributed by atoms with Crippen LogP contribution in [0.25, 0.3) is 10.8 Å². The van der Waals surface area contributed by atoms with E-state index in [-0.39, 0.29) is 12.1 Å². The second-order valence-corrected chi connectivity index (χ2v) is 7.24. The fraction of sp³-hybridized carbons (Fsp3) is 0.304. The predicted octanol–water partition coefficient (Wildman–Crippen LogP) is 4.30. The molecule has 2 amide bonds. The molecule has 2 aromatic carbocycles. The first-order chi connectivity index (χ1) is 13.7. The summed E-state index contributed by atoms with van der Waals surface area (Å²) in [5.74, 6) is 0.796. The number of ether oxygens (including phenoxy) is 1. The van der Waals surface area contributed by atoms with Crippen LogP contribution in [0, 0.1) is 6.92 Å². The van der Waals surface area contributed by atoms with Crippen molar-refractivity contribution >= 4 is 16.8 Å². The van der Waals surface area contributed by atoms with Crippen LogP contribution in [0.15, 0.2) is 60.8 Å². The molecule has 0 radical (unpaired) electrons. The highest BCUT2D eigenvalue weighted by molar-refractivity contribution is 5.86. The van der Waals surface area contributed by atoms with Crippen LogP contribution in [0.2, 0.25) is 0 Å². The van der Waals surface area contributed by atoms with Crippen molar-refractivity contribution in [1.29, 1.82) is 0 Å². The molecule has 5 nitrogen and oxygen atoms in total. The number of aromatic nitrogens is 1. The minimum atomic E-state index is -0.0108. The lowest BCUT2D eigenvalue weighted by atomic mass is 10.0. The maximum Gasteiger partial charge on any atom is 0.317 e. The lowest BCUT2D eigenvalue weighted by molar-refractivity contribution is 0.110. The summed E-state index contributed by atoms with van der Waals surface area (Å²) in [5.41, 5.74) is 2.11. The molecule has 1 aliphatic rings. The second kappa shape index (κ2) is 8.30. The number of carbonyl (C=O) groups excluding carboxylic acids is 1. The number of carbonyl (C=O) groups is 1. The molecule has 0 atom stereocenters. The summed E-state index contributed by atoms with van der Waals surface area (Å²) >= 11 is 0. The van der Waals surface area contributed by atoms with Gasteiger partial charge in [0.15, 0.2) is 0 Å². The predicted molar refractivity (Wildman–Crippen MR) is 110 cm³/mol. The van der Waals surface area contributed by atoms with Gasteiger partial charge < -0.3 is 15.0 Å². The van der Waals surface area contributed by atoms with Crippen LogP contribution in [-0.4, -0.2) is 35.1 Å². The third-order valence-corrected chi connectivity index (χ3v) is 5.23. The van der Waals surface area contributed by atoms with Gasteiger partial charge in [-0.1, -0.05) is 42.5 Å². The zero-order chi connectivity index (χ0) is 19.3. The molecular weight excluding hydrogens is 350 g/mol. The first kappa shape index (κ1) is 18.3. The van der Waals surface area contributed by atoms with Gasteiger partial charge in [0.05, 0.1) is 6.20 Å². The molecule has 0 bridgehead atoms. The van der Waals surface area contributed by atoms with Crippen LogP contribution in [0.4, 0.5) is 4.79 Å². The summed E-state index contributed by atoms with van der Waals surface area (Å²) in [6.45, 7) is 3.89. The normalized spacial score (nSPS) is 14.8. The summed E-state index contributed by atoms with van der Waals surface area (Å²) in [4.78, 5) is 18.7. The van der Waals surface area contributed by atoms with Gasteiger partial charge in [0, 0.05) is 38.2 Å². The number of aryl methyl sites for hydroxylation is 1. The van der Waals surface area contributed by atoms with E-state index in [9.17, 15) is 4.79 Å². The monoisotopic (exact) mass is 375 g/mol. The molecule has 2 heterocycles. The molecule has 1 aliphatic heterocycles. The molecule has 144 valence electrons. The Bertz CT molecular complexity index is 942. The van der Waals surface area contributed by atoms with Crippen molar-refractivity contribution in [2.75, 3.05) is 13.1 Å². The fourth-order valence-electron chi connectivity index (χ4n) is 3.62. The van der Waals surface area contributed by atoms with E-state index < -0.39 is 0 Å². The molecule has 4 rings (SSSR count). The van der Waals surface area contributed by atoms with Crippen molar-refractivity contribution in [3.63, 3.8) is 0 Å². The number of fused-ring (bicyclic) bond motifs is 1. The van der Waals surface area contributed by atoms with Crippen LogP contribution in [0.1, 0.15) is 24.1 Å². The van der Waals surface area contributed by atoms with Crippen molar-refractivity contribution in [3.8, 4) is 5.75 Å². The van der Waals surface area contributed by atoms with E-state index in [1.165, 1.54) is 10.8 Å². The zero-order valence-corrected chi connectivity index (χ0v) is 16.1. The summed E-state index contributed by atoms with van der Waals surface area (Å²) < 4.78 is 5.99. The van der Waals surface area contributed by atoms with Crippen LogP contribution in [0.5, 0.6) is 5.75 Å². The molecule has 5 heteroatoms. The molecule has 28 heavy (non-hydrogen) atoms. The van der Waals surface area contributed by atoms with Crippen LogP contribution in [-0.2, 0) is 6.54 Å². The molecule has 0 unspecified atom stereocenters. The maximum atomic E-state index is 12.6. The lowest BCUT2D eigenvalue weighted by Crippen LogP contribution is -2.46. The molecule has 3 aromatic rings. The standard InChI is InChI=1S/C23H25N3O2/c1-17-9-10-21(16-24-17)28-20-11-13-26(14-12-20)23(27)25-15-19-7-4-6-18-5-2-3-8-22(18)19/h2-10,16,20H,11-15H2,1H3,(H,25,27). The molecule has 0 aliphatic carbocycles. The van der Waals surface area contributed by atoms with Gasteiger partial charge in [-0.25, -0.2) is 4.79 Å². The van der Waals surface area contributed by atoms with Crippen LogP contribution in [0.3, 0.4) is 0 Å². The minimum absolute atomic E-state index is 0.0108. The number of hydrogen-bond donors (Lipinski definition) is 1. The van der Waals surface area contributed by atoms with Gasteiger partial charge in [0.25, 0.3) is 0 Å². The largest absolute Gasteiger partial charge is 0.489 e. The summed E-state index contributed by atoms with van der Waals surface area (Å²) in [7, 11) is 0. The average molecular weight is 375 g/mol. The van der Waals surface area contributed by atoms with Gasteiger partial charge >= 0.3 is 6.03 Å². The van der Waals surface area contributed by atoms with Crippen LogP contribution >= 0.6 is 0 Å². The number of nitrogens with one attached hydrogen (secondary N) is 1. The Morgan fingerprint density at radius 2 is 1.89 bits per heavy atom. The molecule has 1 saturated heterocycles. The quantitative estimate of drug-likeness (QED) is 0.740. The Hall–Kier alpha value is -3.08. The number of pyridine rings is 1. The van der Waals surface area contributed by atoms with E-state index >= 15 is 0 Å². The van der Waals surface area contributed by atoms with E-state index in [4.69, 9.17) is 4.74 Å². The number of hydrogen-bond acceptors (Lipinski definition) is 3. The first-order valence-electron chi connectivity index (χ1n) is 9.78. The zero-order valence-electron chi connectivity index (χ0n) is 16.1. The number of piperidine rings is 1. The van der Waals surface area contributed by atoms with Crippen molar-refractivity contribution in [2.24, 2.45) is 0 Å². The molecule has 0 spiro atoms. The minimum Gasteiger partial charge on any atom is -0.489 e. The number of amides is 2. The van der Waals surface area contributed by atoms with E-state index in [0.717, 1.165) is 29.8 Å².